The molecule has 0 fully saturated rings. The summed E-state index contributed by atoms with van der Waals surface area (Å²) in [5.74, 6) is 0.394. The number of fused-ring (bicyclic) bond motifs is 1. The van der Waals surface area contributed by atoms with Gasteiger partial charge in [-0.1, -0.05) is 23.4 Å². The van der Waals surface area contributed by atoms with E-state index in [0.717, 1.165) is 11.1 Å². The Labute approximate surface area is 159 Å². The van der Waals surface area contributed by atoms with Gasteiger partial charge in [-0.2, -0.15) is 0 Å². The van der Waals surface area contributed by atoms with E-state index in [2.05, 4.69) is 15.4 Å². The fourth-order valence-corrected chi connectivity index (χ4v) is 2.87. The Bertz CT molecular complexity index is 1190. The zero-order valence-corrected chi connectivity index (χ0v) is 15.2. The van der Waals surface area contributed by atoms with E-state index in [-0.39, 0.29) is 17.3 Å². The average molecular weight is 376 g/mol. The number of amides is 1. The zero-order chi connectivity index (χ0) is 19.7. The maximum absolute atomic E-state index is 12.3. The van der Waals surface area contributed by atoms with Gasteiger partial charge in [0, 0.05) is 24.1 Å². The van der Waals surface area contributed by atoms with Crippen molar-refractivity contribution < 1.29 is 19.2 Å². The molecule has 1 N–H and O–H groups in total. The van der Waals surface area contributed by atoms with Crippen molar-refractivity contribution in [1.29, 1.82) is 0 Å². The van der Waals surface area contributed by atoms with Gasteiger partial charge in [-0.3, -0.25) is 4.79 Å². The molecule has 2 aromatic heterocycles. The Balaban J connectivity index is 1.59. The van der Waals surface area contributed by atoms with Crippen LogP contribution in [0.1, 0.15) is 10.5 Å². The van der Waals surface area contributed by atoms with Crippen molar-refractivity contribution in [3.05, 3.63) is 60.3 Å². The van der Waals surface area contributed by atoms with Crippen molar-refractivity contribution in [3.8, 4) is 23.0 Å². The van der Waals surface area contributed by atoms with E-state index in [1.165, 1.54) is 6.07 Å². The van der Waals surface area contributed by atoms with Gasteiger partial charge in [-0.05, 0) is 30.3 Å². The normalized spacial score (nSPS) is 11.4. The molecule has 0 saturated heterocycles. The summed E-state index contributed by atoms with van der Waals surface area (Å²) >= 11 is 0. The Morgan fingerprint density at radius 2 is 1.93 bits per heavy atom. The number of hydrogen-bond acceptors (Lipinski definition) is 6. The van der Waals surface area contributed by atoms with Crippen LogP contribution in [0.15, 0.2) is 69.3 Å². The van der Waals surface area contributed by atoms with Crippen molar-refractivity contribution in [2.24, 2.45) is 17.3 Å². The van der Waals surface area contributed by atoms with Crippen LogP contribution in [0.4, 0.5) is 5.69 Å². The van der Waals surface area contributed by atoms with Gasteiger partial charge in [-0.15, -0.1) is 10.2 Å². The summed E-state index contributed by atoms with van der Waals surface area (Å²) in [6.07, 6.45) is 0. The number of aryl methyl sites for hydroxylation is 1. The fourth-order valence-electron chi connectivity index (χ4n) is 2.87. The first-order valence-corrected chi connectivity index (χ1v) is 8.42. The van der Waals surface area contributed by atoms with Crippen molar-refractivity contribution in [2.75, 3.05) is 7.11 Å². The number of azo groups is 1. The molecule has 0 saturated carbocycles. The van der Waals surface area contributed by atoms with Crippen molar-refractivity contribution in [1.82, 2.24) is 9.72 Å². The Morgan fingerprint density at radius 1 is 1.18 bits per heavy atom. The minimum absolute atomic E-state index is 0.0225. The number of carbonyl (C=O) groups excluding carboxylic acids is 1. The quantitative estimate of drug-likeness (QED) is 0.529. The molecule has 8 heteroatoms. The summed E-state index contributed by atoms with van der Waals surface area (Å²) in [7, 11) is 3.29. The van der Waals surface area contributed by atoms with Gasteiger partial charge >= 0.3 is 5.91 Å². The first-order valence-electron chi connectivity index (χ1n) is 8.42. The molecule has 0 bridgehead atoms. The summed E-state index contributed by atoms with van der Waals surface area (Å²) in [6.45, 7) is 0. The van der Waals surface area contributed by atoms with Crippen LogP contribution in [0.25, 0.3) is 22.2 Å². The molecule has 0 radical (unpaired) electrons. The summed E-state index contributed by atoms with van der Waals surface area (Å²) in [5, 5.41) is 22.3. The second-order valence-corrected chi connectivity index (χ2v) is 6.06. The number of para-hydroxylation sites is 1. The number of carbonyl (C=O) groups is 1. The maximum Gasteiger partial charge on any atom is 0.317 e. The van der Waals surface area contributed by atoms with Crippen LogP contribution in [0.2, 0.25) is 0 Å². The molecule has 0 unspecified atom stereocenters. The molecule has 0 aliphatic rings. The van der Waals surface area contributed by atoms with Crippen molar-refractivity contribution in [3.63, 3.8) is 0 Å². The molecule has 0 spiro atoms. The number of methoxy groups -OCH3 is 1. The van der Waals surface area contributed by atoms with Crippen molar-refractivity contribution >= 4 is 22.5 Å². The predicted octanol–water partition coefficient (Wildman–Crippen LogP) is 4.47. The predicted molar refractivity (Wildman–Crippen MR) is 102 cm³/mol. The Morgan fingerprint density at radius 3 is 2.68 bits per heavy atom. The van der Waals surface area contributed by atoms with E-state index in [4.69, 9.17) is 9.26 Å². The minimum atomic E-state index is -0.671. The number of ether oxygens (including phenoxy) is 1. The first-order chi connectivity index (χ1) is 13.6. The Kier molecular flexibility index (Phi) is 4.36. The second kappa shape index (κ2) is 6.99. The number of hydrogen-bond donors (Lipinski definition) is 1. The van der Waals surface area contributed by atoms with E-state index < -0.39 is 5.91 Å². The first kappa shape index (κ1) is 17.5. The summed E-state index contributed by atoms with van der Waals surface area (Å²) in [6, 6.07) is 16.0. The highest BCUT2D eigenvalue weighted by Crippen LogP contribution is 2.37. The van der Waals surface area contributed by atoms with Crippen LogP contribution in [-0.4, -0.2) is 27.8 Å². The smallest absolute Gasteiger partial charge is 0.317 e. The van der Waals surface area contributed by atoms with Gasteiger partial charge in [0.25, 0.3) is 0 Å². The number of rotatable bonds is 4. The highest BCUT2D eigenvalue weighted by atomic mass is 16.5. The molecule has 28 heavy (non-hydrogen) atoms. The molecule has 0 aliphatic heterocycles. The van der Waals surface area contributed by atoms with Crippen LogP contribution < -0.4 is 4.74 Å². The number of benzene rings is 2. The summed E-state index contributed by atoms with van der Waals surface area (Å²) in [5.41, 5.74) is 1.78. The van der Waals surface area contributed by atoms with Gasteiger partial charge in [-0.25, -0.2) is 0 Å². The maximum atomic E-state index is 12.3. The molecule has 0 atom stereocenters. The van der Waals surface area contributed by atoms with E-state index in [0.29, 0.717) is 16.9 Å². The number of nitrogens with zero attached hydrogens (tertiary/aromatic N) is 4. The topological polar surface area (TPSA) is 102 Å². The summed E-state index contributed by atoms with van der Waals surface area (Å²) in [4.78, 5) is 12.3. The third-order valence-electron chi connectivity index (χ3n) is 4.39. The molecule has 140 valence electrons. The van der Waals surface area contributed by atoms with Gasteiger partial charge in [0.15, 0.2) is 17.1 Å². The SMILES string of the molecule is COc1ccc(-c2cc(C(=O)N=Nc3c(O)n(C)c4ccccc34)no2)cc1. The molecule has 8 nitrogen and oxygen atoms in total. The molecule has 4 aromatic rings. The molecule has 1 amide bonds. The monoisotopic (exact) mass is 376 g/mol. The van der Waals surface area contributed by atoms with Crippen LogP contribution in [0, 0.1) is 0 Å². The van der Waals surface area contributed by atoms with E-state index in [1.807, 2.05) is 18.2 Å². The van der Waals surface area contributed by atoms with Gasteiger partial charge in [0.05, 0.1) is 12.6 Å². The summed E-state index contributed by atoms with van der Waals surface area (Å²) < 4.78 is 11.9. The zero-order valence-electron chi connectivity index (χ0n) is 15.2. The lowest BCUT2D eigenvalue weighted by Crippen LogP contribution is -1.92. The van der Waals surface area contributed by atoms with Crippen LogP contribution in [0.5, 0.6) is 11.6 Å². The minimum Gasteiger partial charge on any atom is -0.497 e. The largest absolute Gasteiger partial charge is 0.497 e. The molecule has 0 aliphatic carbocycles. The fraction of sp³-hybridized carbons (Fsp3) is 0.100. The van der Waals surface area contributed by atoms with E-state index >= 15 is 0 Å². The highest BCUT2D eigenvalue weighted by Gasteiger charge is 2.16. The standard InChI is InChI=1S/C20H16N4O4/c1-24-16-6-4-3-5-14(16)18(20(24)26)21-22-19(25)15-11-17(28-23-15)12-7-9-13(27-2)10-8-12/h3-11,26H,1-2H3. The lowest BCUT2D eigenvalue weighted by atomic mass is 10.1. The highest BCUT2D eigenvalue weighted by molar-refractivity contribution is 5.96. The van der Waals surface area contributed by atoms with Gasteiger partial charge < -0.3 is 18.9 Å². The second-order valence-electron chi connectivity index (χ2n) is 6.06. The van der Waals surface area contributed by atoms with Crippen LogP contribution in [0.3, 0.4) is 0 Å². The van der Waals surface area contributed by atoms with E-state index in [1.54, 1.807) is 49.1 Å². The average Bonchev–Trinajstić information content (AvgIpc) is 3.31. The van der Waals surface area contributed by atoms with Crippen LogP contribution in [-0.2, 0) is 7.05 Å². The number of aromatic nitrogens is 2. The lowest BCUT2D eigenvalue weighted by Gasteiger charge is -1.99. The molecule has 4 rings (SSSR count). The Hall–Kier alpha value is -3.94. The molecular formula is C20H16N4O4. The lowest BCUT2D eigenvalue weighted by molar-refractivity contribution is 0.0986. The third kappa shape index (κ3) is 3.01. The van der Waals surface area contributed by atoms with Crippen molar-refractivity contribution in [2.45, 2.75) is 0 Å². The molecule has 2 heterocycles. The van der Waals surface area contributed by atoms with E-state index in [9.17, 15) is 9.90 Å². The van der Waals surface area contributed by atoms with Crippen LogP contribution >= 0.6 is 0 Å². The van der Waals surface area contributed by atoms with Gasteiger partial charge in [0.2, 0.25) is 5.88 Å². The molecule has 2 aromatic carbocycles. The molecular weight excluding hydrogens is 360 g/mol. The number of aromatic hydroxyl groups is 1. The third-order valence-corrected chi connectivity index (χ3v) is 4.39. The van der Waals surface area contributed by atoms with Gasteiger partial charge in [0.1, 0.15) is 5.75 Å².